The molecule has 3 aliphatic rings. The first kappa shape index (κ1) is 22.2. The molecule has 1 amide bonds. The van der Waals surface area contributed by atoms with Crippen LogP contribution in [0.1, 0.15) is 31.7 Å². The van der Waals surface area contributed by atoms with Crippen LogP contribution in [0.4, 0.5) is 17.1 Å². The van der Waals surface area contributed by atoms with Gasteiger partial charge in [-0.05, 0) is 54.3 Å². The van der Waals surface area contributed by atoms with E-state index in [9.17, 15) is 4.79 Å². The van der Waals surface area contributed by atoms with E-state index in [0.717, 1.165) is 37.7 Å². The summed E-state index contributed by atoms with van der Waals surface area (Å²) in [5.74, 6) is 0.618. The topological polar surface area (TPSA) is 87.5 Å². The molecule has 0 bridgehead atoms. The number of nitrogens with zero attached hydrogens (tertiary/aromatic N) is 3. The van der Waals surface area contributed by atoms with Gasteiger partial charge in [0, 0.05) is 42.6 Å². The molecular formula is C26H29N5O3. The Balaban J connectivity index is 1.29. The standard InChI is InChI=1S/C26H29N5O3/c1-17(2)21-8-5-19(15-24(21)31-11-13-33-14-12-31)28-18-3-6-20(7-4-18)34-26-29-23-16-27-10-9-22(23)25(32)30-26/h3-8,10,15-17,22,28H,9,11-14H2,1-2H3,(H,29,30,32). The molecule has 1 unspecified atom stereocenters. The van der Waals surface area contributed by atoms with E-state index in [1.54, 1.807) is 12.4 Å². The summed E-state index contributed by atoms with van der Waals surface area (Å²) in [6.45, 7) is 7.77. The van der Waals surface area contributed by atoms with Gasteiger partial charge in [0.1, 0.15) is 5.75 Å². The first-order valence-corrected chi connectivity index (χ1v) is 11.7. The molecule has 1 saturated heterocycles. The van der Waals surface area contributed by atoms with Gasteiger partial charge in [0.25, 0.3) is 0 Å². The second-order valence-electron chi connectivity index (χ2n) is 8.86. The molecule has 34 heavy (non-hydrogen) atoms. The highest BCUT2D eigenvalue weighted by molar-refractivity contribution is 6.01. The molecular weight excluding hydrogens is 430 g/mol. The lowest BCUT2D eigenvalue weighted by Crippen LogP contribution is -2.43. The van der Waals surface area contributed by atoms with Gasteiger partial charge in [0.2, 0.25) is 5.91 Å². The van der Waals surface area contributed by atoms with E-state index in [1.165, 1.54) is 11.3 Å². The summed E-state index contributed by atoms with van der Waals surface area (Å²) in [5, 5.41) is 6.21. The fourth-order valence-electron chi connectivity index (χ4n) is 4.31. The summed E-state index contributed by atoms with van der Waals surface area (Å²) in [4.78, 5) is 23.2. The van der Waals surface area contributed by atoms with Crippen molar-refractivity contribution in [3.63, 3.8) is 0 Å². The molecule has 2 aromatic carbocycles. The van der Waals surface area contributed by atoms with Gasteiger partial charge in [0.05, 0.1) is 24.8 Å². The fraction of sp³-hybridized carbons (Fsp3) is 0.346. The number of carbonyl (C=O) groups excluding carboxylic acids is 1. The predicted octanol–water partition coefficient (Wildman–Crippen LogP) is 4.19. The van der Waals surface area contributed by atoms with Crippen LogP contribution in [-0.2, 0) is 9.53 Å². The van der Waals surface area contributed by atoms with Crippen molar-refractivity contribution in [3.05, 3.63) is 59.9 Å². The van der Waals surface area contributed by atoms with Crippen LogP contribution in [0.15, 0.2) is 64.3 Å². The fourth-order valence-corrected chi connectivity index (χ4v) is 4.31. The molecule has 8 nitrogen and oxygen atoms in total. The van der Waals surface area contributed by atoms with Crippen LogP contribution >= 0.6 is 0 Å². The van der Waals surface area contributed by atoms with Gasteiger partial charge < -0.3 is 19.7 Å². The number of nitrogens with one attached hydrogen (secondary N) is 2. The molecule has 2 N–H and O–H groups in total. The van der Waals surface area contributed by atoms with E-state index in [4.69, 9.17) is 9.47 Å². The lowest BCUT2D eigenvalue weighted by Gasteiger charge is -2.32. The van der Waals surface area contributed by atoms with Gasteiger partial charge in [0.15, 0.2) is 0 Å². The van der Waals surface area contributed by atoms with Gasteiger partial charge in [-0.2, -0.15) is 4.99 Å². The first-order valence-electron chi connectivity index (χ1n) is 11.7. The van der Waals surface area contributed by atoms with Crippen LogP contribution in [-0.4, -0.2) is 44.4 Å². The Morgan fingerprint density at radius 3 is 2.65 bits per heavy atom. The number of rotatable bonds is 5. The third-order valence-corrected chi connectivity index (χ3v) is 6.15. The van der Waals surface area contributed by atoms with Crippen molar-refractivity contribution in [3.8, 4) is 5.75 Å². The predicted molar refractivity (Wildman–Crippen MR) is 134 cm³/mol. The molecule has 0 aromatic heterocycles. The maximum Gasteiger partial charge on any atom is 0.302 e. The van der Waals surface area contributed by atoms with Crippen molar-refractivity contribution in [2.24, 2.45) is 15.9 Å². The Morgan fingerprint density at radius 2 is 1.88 bits per heavy atom. The summed E-state index contributed by atoms with van der Waals surface area (Å²) in [7, 11) is 0. The van der Waals surface area contributed by atoms with E-state index < -0.39 is 0 Å². The van der Waals surface area contributed by atoms with Gasteiger partial charge in [-0.3, -0.25) is 15.1 Å². The van der Waals surface area contributed by atoms with E-state index >= 15 is 0 Å². The SMILES string of the molecule is CC(C)c1ccc(Nc2ccc(OC3=NC4=CN=CCC4C(=O)N3)cc2)cc1N1CCOCC1. The number of carbonyl (C=O) groups is 1. The Kier molecular flexibility index (Phi) is 6.31. The van der Waals surface area contributed by atoms with Crippen molar-refractivity contribution >= 4 is 35.2 Å². The van der Waals surface area contributed by atoms with E-state index in [0.29, 0.717) is 23.8 Å². The zero-order valence-corrected chi connectivity index (χ0v) is 19.5. The van der Waals surface area contributed by atoms with Crippen LogP contribution in [0.2, 0.25) is 0 Å². The highest BCUT2D eigenvalue weighted by Crippen LogP contribution is 2.32. The minimum absolute atomic E-state index is 0.124. The van der Waals surface area contributed by atoms with Gasteiger partial charge in [-0.25, -0.2) is 0 Å². The number of anilines is 3. The molecule has 0 radical (unpaired) electrons. The Labute approximate surface area is 199 Å². The summed E-state index contributed by atoms with van der Waals surface area (Å²) in [5.41, 5.74) is 5.19. The average Bonchev–Trinajstić information content (AvgIpc) is 2.86. The third kappa shape index (κ3) is 4.82. The van der Waals surface area contributed by atoms with Gasteiger partial charge >= 0.3 is 6.02 Å². The normalized spacial score (nSPS) is 19.8. The van der Waals surface area contributed by atoms with Crippen molar-refractivity contribution < 1.29 is 14.3 Å². The van der Waals surface area contributed by atoms with E-state index in [-0.39, 0.29) is 17.8 Å². The van der Waals surface area contributed by atoms with Crippen molar-refractivity contribution in [1.82, 2.24) is 5.32 Å². The van der Waals surface area contributed by atoms with Crippen LogP contribution in [0.5, 0.6) is 5.75 Å². The first-order chi connectivity index (χ1) is 16.6. The highest BCUT2D eigenvalue weighted by Gasteiger charge is 2.30. The van der Waals surface area contributed by atoms with Crippen LogP contribution in [0, 0.1) is 5.92 Å². The van der Waals surface area contributed by atoms with Crippen molar-refractivity contribution in [1.29, 1.82) is 0 Å². The number of amidine groups is 1. The Hall–Kier alpha value is -3.65. The van der Waals surface area contributed by atoms with Crippen LogP contribution in [0.3, 0.4) is 0 Å². The number of fused-ring (bicyclic) bond motifs is 1. The lowest BCUT2D eigenvalue weighted by atomic mass is 9.99. The summed E-state index contributed by atoms with van der Waals surface area (Å²) < 4.78 is 11.3. The molecule has 176 valence electrons. The number of aliphatic imine (C=N–C) groups is 2. The molecule has 3 heterocycles. The molecule has 0 saturated carbocycles. The number of benzene rings is 2. The zero-order chi connectivity index (χ0) is 23.5. The molecule has 5 rings (SSSR count). The average molecular weight is 460 g/mol. The molecule has 8 heteroatoms. The second-order valence-corrected chi connectivity index (χ2v) is 8.86. The summed E-state index contributed by atoms with van der Waals surface area (Å²) in [6.07, 6.45) is 3.89. The minimum Gasteiger partial charge on any atom is -0.426 e. The molecule has 2 aromatic rings. The van der Waals surface area contributed by atoms with Crippen LogP contribution < -0.4 is 20.3 Å². The number of hydrogen-bond donors (Lipinski definition) is 2. The number of amides is 1. The summed E-state index contributed by atoms with van der Waals surface area (Å²) in [6, 6.07) is 14.3. The Bertz CT molecular complexity index is 1150. The van der Waals surface area contributed by atoms with Crippen molar-refractivity contribution in [2.45, 2.75) is 26.2 Å². The van der Waals surface area contributed by atoms with E-state index in [1.807, 2.05) is 24.3 Å². The lowest BCUT2D eigenvalue weighted by molar-refractivity contribution is -0.122. The number of morpholine rings is 1. The quantitative estimate of drug-likeness (QED) is 0.700. The largest absolute Gasteiger partial charge is 0.426 e. The van der Waals surface area contributed by atoms with Gasteiger partial charge in [-0.1, -0.05) is 19.9 Å². The number of hydrogen-bond acceptors (Lipinski definition) is 7. The van der Waals surface area contributed by atoms with Crippen molar-refractivity contribution in [2.75, 3.05) is 36.5 Å². The maximum atomic E-state index is 12.3. The second kappa shape index (κ2) is 9.69. The molecule has 3 aliphatic heterocycles. The third-order valence-electron chi connectivity index (χ3n) is 6.15. The summed E-state index contributed by atoms with van der Waals surface area (Å²) >= 11 is 0. The smallest absolute Gasteiger partial charge is 0.302 e. The molecule has 1 fully saturated rings. The van der Waals surface area contributed by atoms with Crippen LogP contribution in [0.25, 0.3) is 0 Å². The molecule has 1 atom stereocenters. The Morgan fingerprint density at radius 1 is 1.12 bits per heavy atom. The maximum absolute atomic E-state index is 12.3. The van der Waals surface area contributed by atoms with E-state index in [2.05, 4.69) is 57.6 Å². The molecule has 0 spiro atoms. The molecule has 0 aliphatic carbocycles. The van der Waals surface area contributed by atoms with Gasteiger partial charge in [-0.15, -0.1) is 0 Å². The monoisotopic (exact) mass is 459 g/mol. The minimum atomic E-state index is -0.291. The number of ether oxygens (including phenoxy) is 2. The zero-order valence-electron chi connectivity index (χ0n) is 19.5. The highest BCUT2D eigenvalue weighted by atomic mass is 16.5.